The lowest BCUT2D eigenvalue weighted by atomic mass is 9.85. The molecule has 0 aliphatic carbocycles. The van der Waals surface area contributed by atoms with E-state index in [1.165, 1.54) is 0 Å². The summed E-state index contributed by atoms with van der Waals surface area (Å²) >= 11 is 0. The molecule has 162 valence electrons. The Bertz CT molecular complexity index is 1200. The summed E-state index contributed by atoms with van der Waals surface area (Å²) in [5.41, 5.74) is 3.11. The maximum absolute atomic E-state index is 13.4. The Morgan fingerprint density at radius 1 is 1.26 bits per heavy atom. The molecule has 5 rings (SSSR count). The average molecular weight is 421 g/mol. The lowest BCUT2D eigenvalue weighted by Crippen LogP contribution is -2.48. The molecular formula is C25H28N2O4. The number of hydrogen-bond donors (Lipinski definition) is 1. The van der Waals surface area contributed by atoms with Gasteiger partial charge in [0.05, 0.1) is 30.1 Å². The molecule has 4 heterocycles. The van der Waals surface area contributed by atoms with Crippen LogP contribution in [0.1, 0.15) is 56.2 Å². The summed E-state index contributed by atoms with van der Waals surface area (Å²) in [7, 11) is 0. The smallest absolute Gasteiger partial charge is 0.257 e. The van der Waals surface area contributed by atoms with Crippen LogP contribution in [-0.4, -0.2) is 27.6 Å². The molecule has 0 amide bonds. The molecule has 0 radical (unpaired) electrons. The number of pyridine rings is 2. The first-order chi connectivity index (χ1) is 15.1. The van der Waals surface area contributed by atoms with Crippen LogP contribution in [-0.2, 0) is 28.2 Å². The highest BCUT2D eigenvalue weighted by Crippen LogP contribution is 2.41. The van der Waals surface area contributed by atoms with Crippen LogP contribution < -0.4 is 5.56 Å². The quantitative estimate of drug-likeness (QED) is 0.476. The van der Waals surface area contributed by atoms with E-state index in [0.717, 1.165) is 47.1 Å². The van der Waals surface area contributed by atoms with E-state index in [9.17, 15) is 9.90 Å². The first-order valence-corrected chi connectivity index (χ1v) is 11.2. The molecule has 2 aliphatic rings. The molecular weight excluding hydrogens is 392 g/mol. The van der Waals surface area contributed by atoms with Crippen LogP contribution in [0.25, 0.3) is 22.3 Å². The average Bonchev–Trinajstić information content (AvgIpc) is 3.15. The summed E-state index contributed by atoms with van der Waals surface area (Å²) in [5, 5.41) is 12.7. The predicted octanol–water partition coefficient (Wildman–Crippen LogP) is 4.09. The molecule has 6 heteroatoms. The molecule has 1 N–H and O–H groups in total. The first-order valence-electron chi connectivity index (χ1n) is 11.2. The zero-order valence-electron chi connectivity index (χ0n) is 18.1. The molecule has 3 aromatic rings. The van der Waals surface area contributed by atoms with Crippen LogP contribution in [0.2, 0.25) is 0 Å². The Morgan fingerprint density at radius 3 is 2.90 bits per heavy atom. The molecule has 31 heavy (non-hydrogen) atoms. The number of aliphatic hydroxyl groups is 1. The van der Waals surface area contributed by atoms with Crippen LogP contribution in [0.15, 0.2) is 41.2 Å². The van der Waals surface area contributed by atoms with Crippen molar-refractivity contribution in [1.29, 1.82) is 0 Å². The van der Waals surface area contributed by atoms with Crippen LogP contribution in [0.4, 0.5) is 0 Å². The SMILES string of the molecule is CCCCCO[C@@H]1OCc2c(cc3n(c2=O)Cc2cc4ccccc4nc2-3)[C@@]1(O)CC. The molecule has 0 spiro atoms. The van der Waals surface area contributed by atoms with Gasteiger partial charge < -0.3 is 19.1 Å². The van der Waals surface area contributed by atoms with Crippen LogP contribution in [0, 0.1) is 0 Å². The molecule has 2 atom stereocenters. The number of aromatic nitrogens is 2. The minimum atomic E-state index is -1.37. The van der Waals surface area contributed by atoms with Gasteiger partial charge in [-0.05, 0) is 31.0 Å². The van der Waals surface area contributed by atoms with Crippen molar-refractivity contribution in [2.75, 3.05) is 6.61 Å². The van der Waals surface area contributed by atoms with E-state index in [1.807, 2.05) is 37.3 Å². The highest BCUT2D eigenvalue weighted by atomic mass is 16.7. The van der Waals surface area contributed by atoms with E-state index < -0.39 is 11.9 Å². The second kappa shape index (κ2) is 7.86. The van der Waals surface area contributed by atoms with Gasteiger partial charge in [0, 0.05) is 28.7 Å². The number of para-hydroxylation sites is 1. The lowest BCUT2D eigenvalue weighted by Gasteiger charge is -2.40. The molecule has 1 aromatic carbocycles. The minimum Gasteiger partial charge on any atom is -0.380 e. The third-order valence-electron chi connectivity index (χ3n) is 6.57. The highest BCUT2D eigenvalue weighted by Gasteiger charge is 2.45. The fourth-order valence-corrected chi connectivity index (χ4v) is 4.75. The third kappa shape index (κ3) is 3.21. The van der Waals surface area contributed by atoms with Gasteiger partial charge in [-0.2, -0.15) is 0 Å². The molecule has 6 nitrogen and oxygen atoms in total. The number of rotatable bonds is 6. The van der Waals surface area contributed by atoms with Crippen LogP contribution in [0.5, 0.6) is 0 Å². The van der Waals surface area contributed by atoms with Crippen LogP contribution >= 0.6 is 0 Å². The maximum atomic E-state index is 13.4. The van der Waals surface area contributed by atoms with Gasteiger partial charge in [0.15, 0.2) is 6.29 Å². The Morgan fingerprint density at radius 2 is 2.10 bits per heavy atom. The predicted molar refractivity (Wildman–Crippen MR) is 119 cm³/mol. The Labute approximate surface area is 181 Å². The number of unbranched alkanes of at least 4 members (excludes halogenated alkanes) is 2. The van der Waals surface area contributed by atoms with Crippen molar-refractivity contribution in [3.63, 3.8) is 0 Å². The van der Waals surface area contributed by atoms with Gasteiger partial charge in [-0.1, -0.05) is 44.9 Å². The van der Waals surface area contributed by atoms with E-state index in [1.54, 1.807) is 4.57 Å². The third-order valence-corrected chi connectivity index (χ3v) is 6.57. The first kappa shape index (κ1) is 20.4. The van der Waals surface area contributed by atoms with Crippen molar-refractivity contribution in [3.05, 3.63) is 63.4 Å². The van der Waals surface area contributed by atoms with Crippen molar-refractivity contribution >= 4 is 10.9 Å². The number of hydrogen-bond acceptors (Lipinski definition) is 5. The van der Waals surface area contributed by atoms with Crippen molar-refractivity contribution in [2.24, 2.45) is 0 Å². The summed E-state index contributed by atoms with van der Waals surface area (Å²) in [6.07, 6.45) is 2.69. The Hall–Kier alpha value is -2.54. The summed E-state index contributed by atoms with van der Waals surface area (Å²) in [6.45, 7) is 5.18. The second-order valence-electron chi connectivity index (χ2n) is 8.50. The van der Waals surface area contributed by atoms with Gasteiger partial charge in [-0.25, -0.2) is 4.98 Å². The van der Waals surface area contributed by atoms with Gasteiger partial charge in [0.25, 0.3) is 5.56 Å². The zero-order chi connectivity index (χ0) is 21.6. The lowest BCUT2D eigenvalue weighted by molar-refractivity contribution is -0.260. The van der Waals surface area contributed by atoms with Gasteiger partial charge in [-0.15, -0.1) is 0 Å². The Kier molecular flexibility index (Phi) is 5.16. The molecule has 0 saturated heterocycles. The molecule has 0 bridgehead atoms. The van der Waals surface area contributed by atoms with E-state index in [4.69, 9.17) is 14.5 Å². The number of nitrogens with zero attached hydrogens (tertiary/aromatic N) is 2. The van der Waals surface area contributed by atoms with Crippen molar-refractivity contribution < 1.29 is 14.6 Å². The normalized spacial score (nSPS) is 21.7. The van der Waals surface area contributed by atoms with E-state index in [-0.39, 0.29) is 12.2 Å². The summed E-state index contributed by atoms with van der Waals surface area (Å²) in [6, 6.07) is 12.0. The standard InChI is InChI=1S/C25H28N2O4/c1-3-5-8-11-30-24-25(29,4-2)19-13-21-22-17(12-16-9-6-7-10-20(16)26-22)14-27(21)23(28)18(19)15-31-24/h6-7,9-10,12-13,24,29H,3-5,8,11,14-15H2,1-2H3/t24-,25+/m1/s1. The van der Waals surface area contributed by atoms with Crippen molar-refractivity contribution in [1.82, 2.24) is 9.55 Å². The van der Waals surface area contributed by atoms with E-state index in [2.05, 4.69) is 13.0 Å². The molecule has 0 unspecified atom stereocenters. The minimum absolute atomic E-state index is 0.120. The Balaban J connectivity index is 1.59. The second-order valence-corrected chi connectivity index (χ2v) is 8.50. The monoisotopic (exact) mass is 420 g/mol. The van der Waals surface area contributed by atoms with Gasteiger partial charge >= 0.3 is 0 Å². The maximum Gasteiger partial charge on any atom is 0.257 e. The summed E-state index contributed by atoms with van der Waals surface area (Å²) < 4.78 is 13.6. The van der Waals surface area contributed by atoms with E-state index in [0.29, 0.717) is 30.7 Å². The molecule has 2 aromatic heterocycles. The zero-order valence-corrected chi connectivity index (χ0v) is 18.1. The fourth-order valence-electron chi connectivity index (χ4n) is 4.75. The van der Waals surface area contributed by atoms with Crippen molar-refractivity contribution in [3.8, 4) is 11.4 Å². The number of fused-ring (bicyclic) bond motifs is 5. The fraction of sp³-hybridized carbons (Fsp3) is 0.440. The van der Waals surface area contributed by atoms with Crippen molar-refractivity contribution in [2.45, 2.75) is 64.6 Å². The molecule has 0 saturated carbocycles. The van der Waals surface area contributed by atoms with Crippen LogP contribution in [0.3, 0.4) is 0 Å². The summed E-state index contributed by atoms with van der Waals surface area (Å²) in [4.78, 5) is 18.2. The van der Waals surface area contributed by atoms with Gasteiger partial charge in [0.2, 0.25) is 0 Å². The van der Waals surface area contributed by atoms with Gasteiger partial charge in [0.1, 0.15) is 5.60 Å². The van der Waals surface area contributed by atoms with Gasteiger partial charge in [-0.3, -0.25) is 4.79 Å². The molecule has 0 fully saturated rings. The van der Waals surface area contributed by atoms with E-state index >= 15 is 0 Å². The number of benzene rings is 1. The highest BCUT2D eigenvalue weighted by molar-refractivity contribution is 5.84. The topological polar surface area (TPSA) is 73.6 Å². The largest absolute Gasteiger partial charge is 0.380 e. The summed E-state index contributed by atoms with van der Waals surface area (Å²) in [5.74, 6) is 0. The number of ether oxygens (including phenoxy) is 2. The molecule has 2 aliphatic heterocycles.